The van der Waals surface area contributed by atoms with Crippen LogP contribution >= 0.6 is 11.6 Å². The van der Waals surface area contributed by atoms with Gasteiger partial charge in [0.15, 0.2) is 11.5 Å². The lowest BCUT2D eigenvalue weighted by atomic mass is 10.1. The number of morpholine rings is 1. The minimum atomic E-state index is -0.362. The van der Waals surface area contributed by atoms with Crippen LogP contribution in [0.1, 0.15) is 21.5 Å². The van der Waals surface area contributed by atoms with Gasteiger partial charge in [0.1, 0.15) is 6.61 Å². The Labute approximate surface area is 210 Å². The van der Waals surface area contributed by atoms with Gasteiger partial charge in [-0.3, -0.25) is 0 Å². The number of rotatable bonds is 9. The zero-order valence-corrected chi connectivity index (χ0v) is 20.6. The maximum Gasteiger partial charge on any atom is 0.340 e. The van der Waals surface area contributed by atoms with Crippen molar-refractivity contribution in [3.8, 4) is 11.5 Å². The maximum atomic E-state index is 12.5. The molecule has 35 heavy (non-hydrogen) atoms. The molecule has 1 aliphatic rings. The van der Waals surface area contributed by atoms with Gasteiger partial charge in [0.05, 0.1) is 38.7 Å². The summed E-state index contributed by atoms with van der Waals surface area (Å²) < 4.78 is 21.9. The summed E-state index contributed by atoms with van der Waals surface area (Å²) in [6, 6.07) is 19.1. The molecule has 4 rings (SSSR count). The molecule has 1 saturated heterocycles. The van der Waals surface area contributed by atoms with Gasteiger partial charge in [-0.05, 0) is 53.6 Å². The molecule has 0 atom stereocenters. The van der Waals surface area contributed by atoms with Crippen LogP contribution < -0.4 is 19.7 Å². The van der Waals surface area contributed by atoms with Crippen molar-refractivity contribution >= 4 is 28.9 Å². The SMILES string of the molecule is COC(=O)c1cc(NCc2ccc(OCc3ccc(Cl)cc3)c(OC)c2)ccc1N1CCOCC1. The molecule has 1 aliphatic heterocycles. The molecule has 1 fully saturated rings. The molecule has 8 heteroatoms. The third-order valence-corrected chi connectivity index (χ3v) is 6.04. The van der Waals surface area contributed by atoms with Crippen LogP contribution in [0.5, 0.6) is 11.5 Å². The highest BCUT2D eigenvalue weighted by atomic mass is 35.5. The first kappa shape index (κ1) is 24.7. The van der Waals surface area contributed by atoms with E-state index in [-0.39, 0.29) is 5.97 Å². The van der Waals surface area contributed by atoms with Crippen LogP contribution in [0.25, 0.3) is 0 Å². The smallest absolute Gasteiger partial charge is 0.340 e. The average Bonchev–Trinajstić information content (AvgIpc) is 2.91. The monoisotopic (exact) mass is 496 g/mol. The van der Waals surface area contributed by atoms with E-state index in [1.165, 1.54) is 7.11 Å². The minimum absolute atomic E-state index is 0.362. The molecule has 3 aromatic carbocycles. The number of carbonyl (C=O) groups is 1. The highest BCUT2D eigenvalue weighted by Gasteiger charge is 2.20. The Morgan fingerprint density at radius 3 is 2.43 bits per heavy atom. The fourth-order valence-corrected chi connectivity index (χ4v) is 4.01. The van der Waals surface area contributed by atoms with Crippen molar-refractivity contribution in [1.82, 2.24) is 0 Å². The molecular formula is C27H29ClN2O5. The highest BCUT2D eigenvalue weighted by molar-refractivity contribution is 6.30. The van der Waals surface area contributed by atoms with E-state index in [2.05, 4.69) is 10.2 Å². The standard InChI is InChI=1S/C27H29ClN2O5/c1-32-26-15-20(5-10-25(26)35-18-19-3-6-21(28)7-4-19)17-29-22-8-9-24(23(16-22)27(31)33-2)30-11-13-34-14-12-30/h3-10,15-16,29H,11-14,17-18H2,1-2H3. The van der Waals surface area contributed by atoms with Gasteiger partial charge in [-0.2, -0.15) is 0 Å². The lowest BCUT2D eigenvalue weighted by Crippen LogP contribution is -2.37. The van der Waals surface area contributed by atoms with Gasteiger partial charge in [-0.1, -0.05) is 29.8 Å². The number of hydrogen-bond acceptors (Lipinski definition) is 7. The highest BCUT2D eigenvalue weighted by Crippen LogP contribution is 2.30. The summed E-state index contributed by atoms with van der Waals surface area (Å²) >= 11 is 5.95. The van der Waals surface area contributed by atoms with E-state index >= 15 is 0 Å². The second-order valence-electron chi connectivity index (χ2n) is 8.08. The van der Waals surface area contributed by atoms with Gasteiger partial charge < -0.3 is 29.2 Å². The van der Waals surface area contributed by atoms with E-state index in [0.29, 0.717) is 48.5 Å². The first-order valence-corrected chi connectivity index (χ1v) is 11.8. The molecule has 0 amide bonds. The number of carbonyl (C=O) groups excluding carboxylic acids is 1. The minimum Gasteiger partial charge on any atom is -0.493 e. The molecular weight excluding hydrogens is 468 g/mol. The molecule has 1 N–H and O–H groups in total. The lowest BCUT2D eigenvalue weighted by Gasteiger charge is -2.30. The largest absolute Gasteiger partial charge is 0.493 e. The third kappa shape index (κ3) is 6.38. The summed E-state index contributed by atoms with van der Waals surface area (Å²) in [5.41, 5.74) is 4.24. The Kier molecular flexibility index (Phi) is 8.34. The summed E-state index contributed by atoms with van der Waals surface area (Å²) in [7, 11) is 3.02. The Bertz CT molecular complexity index is 1150. The predicted octanol–water partition coefficient (Wildman–Crippen LogP) is 5.16. The van der Waals surface area contributed by atoms with Crippen LogP contribution in [0.4, 0.5) is 11.4 Å². The van der Waals surface area contributed by atoms with Crippen LogP contribution in [0.2, 0.25) is 5.02 Å². The van der Waals surface area contributed by atoms with Crippen molar-refractivity contribution in [2.45, 2.75) is 13.2 Å². The number of nitrogens with zero attached hydrogens (tertiary/aromatic N) is 1. The Hall–Kier alpha value is -3.42. The molecule has 0 aromatic heterocycles. The van der Waals surface area contributed by atoms with Gasteiger partial charge in [0.25, 0.3) is 0 Å². The van der Waals surface area contributed by atoms with E-state index in [1.54, 1.807) is 7.11 Å². The van der Waals surface area contributed by atoms with Crippen molar-refractivity contribution in [2.75, 3.05) is 50.7 Å². The number of methoxy groups -OCH3 is 2. The molecule has 0 aliphatic carbocycles. The van der Waals surface area contributed by atoms with Crippen molar-refractivity contribution in [1.29, 1.82) is 0 Å². The van der Waals surface area contributed by atoms with Gasteiger partial charge >= 0.3 is 5.97 Å². The topological polar surface area (TPSA) is 69.3 Å². The van der Waals surface area contributed by atoms with Crippen molar-refractivity contribution in [3.63, 3.8) is 0 Å². The number of ether oxygens (including phenoxy) is 4. The molecule has 0 unspecified atom stereocenters. The van der Waals surface area contributed by atoms with E-state index < -0.39 is 0 Å². The molecule has 184 valence electrons. The molecule has 0 spiro atoms. The number of halogens is 1. The Morgan fingerprint density at radius 2 is 1.71 bits per heavy atom. The van der Waals surface area contributed by atoms with E-state index in [0.717, 1.165) is 35.6 Å². The van der Waals surface area contributed by atoms with E-state index in [1.807, 2.05) is 60.7 Å². The molecule has 1 heterocycles. The average molecular weight is 497 g/mol. The van der Waals surface area contributed by atoms with Gasteiger partial charge in [0, 0.05) is 30.3 Å². The molecule has 0 saturated carbocycles. The molecule has 7 nitrogen and oxygen atoms in total. The second-order valence-corrected chi connectivity index (χ2v) is 8.51. The number of nitrogens with one attached hydrogen (secondary N) is 1. The maximum absolute atomic E-state index is 12.5. The van der Waals surface area contributed by atoms with Gasteiger partial charge in [-0.15, -0.1) is 0 Å². The third-order valence-electron chi connectivity index (χ3n) is 5.79. The summed E-state index contributed by atoms with van der Waals surface area (Å²) in [5.74, 6) is 0.948. The van der Waals surface area contributed by atoms with Crippen molar-refractivity contribution in [2.24, 2.45) is 0 Å². The molecule has 0 bridgehead atoms. The first-order chi connectivity index (χ1) is 17.1. The number of hydrogen-bond donors (Lipinski definition) is 1. The van der Waals surface area contributed by atoms with Crippen LogP contribution in [0.3, 0.4) is 0 Å². The van der Waals surface area contributed by atoms with Crippen LogP contribution in [-0.4, -0.2) is 46.5 Å². The quantitative estimate of drug-likeness (QED) is 0.410. The number of esters is 1. The van der Waals surface area contributed by atoms with Gasteiger partial charge in [-0.25, -0.2) is 4.79 Å². The fourth-order valence-electron chi connectivity index (χ4n) is 3.89. The van der Waals surface area contributed by atoms with Gasteiger partial charge in [0.2, 0.25) is 0 Å². The van der Waals surface area contributed by atoms with E-state index in [4.69, 9.17) is 30.5 Å². The molecule has 0 radical (unpaired) electrons. The van der Waals surface area contributed by atoms with Crippen LogP contribution in [0.15, 0.2) is 60.7 Å². The normalized spacial score (nSPS) is 13.3. The van der Waals surface area contributed by atoms with E-state index in [9.17, 15) is 4.79 Å². The number of anilines is 2. The second kappa shape index (κ2) is 11.8. The van der Waals surface area contributed by atoms with Crippen LogP contribution in [0, 0.1) is 0 Å². The molecule has 3 aromatic rings. The Morgan fingerprint density at radius 1 is 0.971 bits per heavy atom. The fraction of sp³-hybridized carbons (Fsp3) is 0.296. The lowest BCUT2D eigenvalue weighted by molar-refractivity contribution is 0.0600. The zero-order chi connectivity index (χ0) is 24.6. The summed E-state index contributed by atoms with van der Waals surface area (Å²) in [5, 5.41) is 4.08. The first-order valence-electron chi connectivity index (χ1n) is 11.4. The predicted molar refractivity (Wildman–Crippen MR) is 137 cm³/mol. The summed E-state index contributed by atoms with van der Waals surface area (Å²) in [6.45, 7) is 3.72. The Balaban J connectivity index is 1.43. The van der Waals surface area contributed by atoms with Crippen molar-refractivity contribution < 1.29 is 23.7 Å². The zero-order valence-electron chi connectivity index (χ0n) is 19.9. The summed E-state index contributed by atoms with van der Waals surface area (Å²) in [4.78, 5) is 14.6. The van der Waals surface area contributed by atoms with Crippen molar-refractivity contribution in [3.05, 3.63) is 82.4 Å². The van der Waals surface area contributed by atoms with Crippen LogP contribution in [-0.2, 0) is 22.6 Å². The summed E-state index contributed by atoms with van der Waals surface area (Å²) in [6.07, 6.45) is 0. The number of benzene rings is 3.